The lowest BCUT2D eigenvalue weighted by molar-refractivity contribution is -0.165. The molecule has 1 N–H and O–H groups in total. The fourth-order valence-electron chi connectivity index (χ4n) is 3.86. The third-order valence-electron chi connectivity index (χ3n) is 5.17. The van der Waals surface area contributed by atoms with Gasteiger partial charge < -0.3 is 19.5 Å². The SMILES string of the molecule is CC(=O)OC(C)(C)C.CC[C@@H](CO)N1C(=O)CO[C@@H](c2cccc(Cl)c2)[C@H]1c1ccc(Cl)cc1. The van der Waals surface area contributed by atoms with Crippen molar-refractivity contribution in [2.24, 2.45) is 0 Å². The minimum atomic E-state index is -0.381. The molecule has 34 heavy (non-hydrogen) atoms. The number of morpholine rings is 1. The predicted molar refractivity (Wildman–Crippen MR) is 134 cm³/mol. The van der Waals surface area contributed by atoms with Gasteiger partial charge in [0, 0.05) is 17.0 Å². The monoisotopic (exact) mass is 509 g/mol. The van der Waals surface area contributed by atoms with Crippen molar-refractivity contribution in [3.05, 3.63) is 69.7 Å². The van der Waals surface area contributed by atoms with Crippen LogP contribution in [0.2, 0.25) is 10.0 Å². The molecule has 186 valence electrons. The molecule has 1 aliphatic heterocycles. The number of benzene rings is 2. The van der Waals surface area contributed by atoms with E-state index < -0.39 is 0 Å². The Bertz CT molecular complexity index is 954. The highest BCUT2D eigenvalue weighted by Gasteiger charge is 2.41. The number of amides is 1. The third-order valence-corrected chi connectivity index (χ3v) is 5.66. The molecule has 1 fully saturated rings. The molecule has 1 aliphatic rings. The number of nitrogens with zero attached hydrogens (tertiary/aromatic N) is 1. The topological polar surface area (TPSA) is 76.1 Å². The summed E-state index contributed by atoms with van der Waals surface area (Å²) >= 11 is 12.2. The summed E-state index contributed by atoms with van der Waals surface area (Å²) in [5.41, 5.74) is 1.47. The van der Waals surface area contributed by atoms with E-state index in [1.54, 1.807) is 23.1 Å². The van der Waals surface area contributed by atoms with Crippen molar-refractivity contribution in [1.29, 1.82) is 0 Å². The van der Waals surface area contributed by atoms with E-state index in [2.05, 4.69) is 0 Å². The predicted octanol–water partition coefficient (Wildman–Crippen LogP) is 5.75. The maximum Gasteiger partial charge on any atom is 0.303 e. The highest BCUT2D eigenvalue weighted by molar-refractivity contribution is 6.30. The summed E-state index contributed by atoms with van der Waals surface area (Å²) < 4.78 is 10.7. The number of halogens is 2. The second-order valence-electron chi connectivity index (χ2n) is 9.03. The molecule has 0 spiro atoms. The number of rotatable bonds is 5. The smallest absolute Gasteiger partial charge is 0.303 e. The zero-order valence-electron chi connectivity index (χ0n) is 20.3. The molecule has 6 nitrogen and oxygen atoms in total. The highest BCUT2D eigenvalue weighted by atomic mass is 35.5. The van der Waals surface area contributed by atoms with E-state index in [1.165, 1.54) is 6.92 Å². The molecule has 3 rings (SSSR count). The van der Waals surface area contributed by atoms with Crippen LogP contribution >= 0.6 is 23.2 Å². The normalized spacial score (nSPS) is 19.2. The lowest BCUT2D eigenvalue weighted by Crippen LogP contribution is -2.51. The lowest BCUT2D eigenvalue weighted by atomic mass is 9.91. The molecule has 3 atom stereocenters. The first-order valence-electron chi connectivity index (χ1n) is 11.2. The van der Waals surface area contributed by atoms with Gasteiger partial charge in [-0.3, -0.25) is 9.59 Å². The van der Waals surface area contributed by atoms with Crippen molar-refractivity contribution in [3.63, 3.8) is 0 Å². The van der Waals surface area contributed by atoms with Crippen LogP contribution in [0.3, 0.4) is 0 Å². The molecule has 0 bridgehead atoms. The zero-order chi connectivity index (χ0) is 25.5. The van der Waals surface area contributed by atoms with E-state index in [1.807, 2.05) is 58.0 Å². The Morgan fingerprint density at radius 3 is 2.26 bits per heavy atom. The number of esters is 1. The maximum absolute atomic E-state index is 12.7. The zero-order valence-corrected chi connectivity index (χ0v) is 21.8. The summed E-state index contributed by atoms with van der Waals surface area (Å²) in [4.78, 5) is 24.7. The number of ether oxygens (including phenoxy) is 2. The largest absolute Gasteiger partial charge is 0.460 e. The molecule has 8 heteroatoms. The number of hydrogen-bond acceptors (Lipinski definition) is 5. The molecule has 0 aromatic heterocycles. The van der Waals surface area contributed by atoms with Crippen molar-refractivity contribution in [3.8, 4) is 0 Å². The fraction of sp³-hybridized carbons (Fsp3) is 0.462. The van der Waals surface area contributed by atoms with Crippen LogP contribution in [0.1, 0.15) is 64.3 Å². The Hall–Kier alpha value is -2.12. The van der Waals surface area contributed by atoms with Gasteiger partial charge in [0.2, 0.25) is 5.91 Å². The van der Waals surface area contributed by atoms with E-state index >= 15 is 0 Å². The molecule has 2 aromatic rings. The third kappa shape index (κ3) is 7.98. The van der Waals surface area contributed by atoms with E-state index in [9.17, 15) is 14.7 Å². The van der Waals surface area contributed by atoms with E-state index in [4.69, 9.17) is 32.7 Å². The molecule has 0 radical (unpaired) electrons. The molecule has 0 saturated carbocycles. The average molecular weight is 510 g/mol. The quantitative estimate of drug-likeness (QED) is 0.519. The first kappa shape index (κ1) is 28.1. The van der Waals surface area contributed by atoms with Gasteiger partial charge in [-0.25, -0.2) is 0 Å². The number of carbonyl (C=O) groups is 2. The van der Waals surface area contributed by atoms with Gasteiger partial charge in [-0.1, -0.05) is 54.4 Å². The van der Waals surface area contributed by atoms with Crippen molar-refractivity contribution >= 4 is 35.1 Å². The molecular weight excluding hydrogens is 477 g/mol. The number of carbonyl (C=O) groups excluding carboxylic acids is 2. The lowest BCUT2D eigenvalue weighted by Gasteiger charge is -2.45. The number of aliphatic hydroxyl groups excluding tert-OH is 1. The standard InChI is InChI=1S/C20H21Cl2NO3.C6H12O2/c1-2-17(11-24)23-18(25)12-26-20(14-4-3-5-16(22)10-14)19(23)13-6-8-15(21)9-7-13;1-5(7)8-6(2,3)4/h3-10,17,19-20,24H,2,11-12H2,1H3;1-4H3/t17-,19+,20-;/m0./s1. The Morgan fingerprint density at radius 1 is 1.15 bits per heavy atom. The Labute approximate surface area is 211 Å². The van der Waals surface area contributed by atoms with Crippen molar-refractivity contribution in [2.45, 2.75) is 64.8 Å². The number of aliphatic hydroxyl groups is 1. The van der Waals surface area contributed by atoms with Crippen LogP contribution < -0.4 is 0 Å². The Morgan fingerprint density at radius 2 is 1.79 bits per heavy atom. The summed E-state index contributed by atoms with van der Waals surface area (Å²) in [6.07, 6.45) is 0.266. The second kappa shape index (κ2) is 12.5. The van der Waals surface area contributed by atoms with Crippen LogP contribution in [0.5, 0.6) is 0 Å². The maximum atomic E-state index is 12.7. The Balaban J connectivity index is 0.000000440. The van der Waals surface area contributed by atoms with Crippen LogP contribution in [0.4, 0.5) is 0 Å². The summed E-state index contributed by atoms with van der Waals surface area (Å²) in [5, 5.41) is 11.1. The van der Waals surface area contributed by atoms with E-state index in [0.717, 1.165) is 11.1 Å². The van der Waals surface area contributed by atoms with Crippen LogP contribution in [-0.2, 0) is 19.1 Å². The second-order valence-corrected chi connectivity index (χ2v) is 9.91. The van der Waals surface area contributed by atoms with Gasteiger partial charge in [0.15, 0.2) is 0 Å². The molecule has 0 aliphatic carbocycles. The van der Waals surface area contributed by atoms with E-state index in [-0.39, 0.29) is 48.9 Å². The van der Waals surface area contributed by atoms with Crippen LogP contribution in [0.25, 0.3) is 0 Å². The first-order valence-corrected chi connectivity index (χ1v) is 12.0. The van der Waals surface area contributed by atoms with Crippen LogP contribution in [0, 0.1) is 0 Å². The molecule has 1 amide bonds. The summed E-state index contributed by atoms with van der Waals surface area (Å²) in [5.74, 6) is -0.360. The number of hydrogen-bond donors (Lipinski definition) is 1. The van der Waals surface area contributed by atoms with Crippen molar-refractivity contribution in [1.82, 2.24) is 4.90 Å². The molecule has 2 aromatic carbocycles. The van der Waals surface area contributed by atoms with Gasteiger partial charge in [-0.15, -0.1) is 0 Å². The van der Waals surface area contributed by atoms with Gasteiger partial charge in [0.05, 0.1) is 18.7 Å². The average Bonchev–Trinajstić information content (AvgIpc) is 2.75. The summed E-state index contributed by atoms with van der Waals surface area (Å²) in [6.45, 7) is 8.76. The van der Waals surface area contributed by atoms with Gasteiger partial charge in [0.1, 0.15) is 18.3 Å². The van der Waals surface area contributed by atoms with Crippen molar-refractivity contribution in [2.75, 3.05) is 13.2 Å². The minimum absolute atomic E-state index is 0.0300. The van der Waals surface area contributed by atoms with Gasteiger partial charge >= 0.3 is 5.97 Å². The molecule has 1 heterocycles. The summed E-state index contributed by atoms with van der Waals surface area (Å²) in [6, 6.07) is 14.2. The van der Waals surface area contributed by atoms with Gasteiger partial charge in [0.25, 0.3) is 0 Å². The van der Waals surface area contributed by atoms with Crippen LogP contribution in [0.15, 0.2) is 48.5 Å². The van der Waals surface area contributed by atoms with E-state index in [0.29, 0.717) is 16.5 Å². The fourth-order valence-corrected chi connectivity index (χ4v) is 4.19. The Kier molecular flexibility index (Phi) is 10.4. The first-order chi connectivity index (χ1) is 16.0. The molecule has 0 unspecified atom stereocenters. The van der Waals surface area contributed by atoms with Crippen LogP contribution in [-0.4, -0.2) is 46.7 Å². The summed E-state index contributed by atoms with van der Waals surface area (Å²) in [7, 11) is 0. The molecular formula is C26H33Cl2NO5. The highest BCUT2D eigenvalue weighted by Crippen LogP contribution is 2.42. The van der Waals surface area contributed by atoms with Crippen molar-refractivity contribution < 1.29 is 24.2 Å². The molecule has 1 saturated heterocycles. The minimum Gasteiger partial charge on any atom is -0.460 e. The van der Waals surface area contributed by atoms with Gasteiger partial charge in [-0.2, -0.15) is 0 Å². The van der Waals surface area contributed by atoms with Gasteiger partial charge in [-0.05, 0) is 62.6 Å².